The van der Waals surface area contributed by atoms with Crippen LogP contribution in [0.4, 0.5) is 0 Å². The van der Waals surface area contributed by atoms with Crippen LogP contribution in [0.2, 0.25) is 0 Å². The van der Waals surface area contributed by atoms with E-state index < -0.39 is 0 Å². The summed E-state index contributed by atoms with van der Waals surface area (Å²) in [5, 5.41) is 8.00. The maximum absolute atomic E-state index is 8.00. The molecule has 0 spiro atoms. The van der Waals surface area contributed by atoms with E-state index in [2.05, 4.69) is 20.1 Å². The van der Waals surface area contributed by atoms with Gasteiger partial charge in [0.25, 0.3) is 0 Å². The Balaban J connectivity index is 0. The normalized spacial score (nSPS) is 10.0. The van der Waals surface area contributed by atoms with Crippen LogP contribution >= 0.6 is 0 Å². The summed E-state index contributed by atoms with van der Waals surface area (Å²) < 4.78 is 0. The molecular formula is C22H44O. The lowest BCUT2D eigenvalue weighted by Gasteiger charge is -2.02. The summed E-state index contributed by atoms with van der Waals surface area (Å²) >= 11 is 0. The van der Waals surface area contributed by atoms with Crippen LogP contribution in [0.5, 0.6) is 0 Å². The Morgan fingerprint density at radius 2 is 0.913 bits per heavy atom. The number of aliphatic hydroxyl groups excluding tert-OH is 1. The highest BCUT2D eigenvalue weighted by Crippen LogP contribution is 2.13. The van der Waals surface area contributed by atoms with E-state index in [4.69, 9.17) is 5.11 Å². The maximum atomic E-state index is 8.00. The number of hydrogen-bond donors (Lipinski definition) is 1. The number of aliphatic hydroxyl groups is 1. The fourth-order valence-corrected chi connectivity index (χ4v) is 2.57. The van der Waals surface area contributed by atoms with Gasteiger partial charge in [-0.25, -0.2) is 0 Å². The molecule has 0 saturated heterocycles. The number of allylic oxidation sites excluding steroid dienone is 1. The molecule has 0 aliphatic heterocycles. The molecule has 138 valence electrons. The fourth-order valence-electron chi connectivity index (χ4n) is 2.57. The smallest absolute Gasteiger partial charge is 0.0465 e. The van der Waals surface area contributed by atoms with E-state index in [1.165, 1.54) is 96.3 Å². The largest absolute Gasteiger partial charge is 0.396 e. The van der Waals surface area contributed by atoms with Gasteiger partial charge >= 0.3 is 0 Å². The molecule has 1 nitrogen and oxygen atoms in total. The average molecular weight is 325 g/mol. The SMILES string of the molecule is C=CCCCCCCCCCCCCCCCC.C=CCCO. The van der Waals surface area contributed by atoms with Gasteiger partial charge in [0.1, 0.15) is 0 Å². The zero-order valence-corrected chi connectivity index (χ0v) is 16.0. The molecule has 0 radical (unpaired) electrons. The number of hydrogen-bond acceptors (Lipinski definition) is 1. The lowest BCUT2D eigenvalue weighted by Crippen LogP contribution is -1.83. The lowest BCUT2D eigenvalue weighted by molar-refractivity contribution is 0.303. The van der Waals surface area contributed by atoms with Crippen molar-refractivity contribution in [2.75, 3.05) is 6.61 Å². The van der Waals surface area contributed by atoms with Gasteiger partial charge in [-0.1, -0.05) is 103 Å². The van der Waals surface area contributed by atoms with E-state index in [9.17, 15) is 0 Å². The van der Waals surface area contributed by atoms with Gasteiger partial charge in [-0.15, -0.1) is 13.2 Å². The summed E-state index contributed by atoms with van der Waals surface area (Å²) in [5.41, 5.74) is 0. The lowest BCUT2D eigenvalue weighted by atomic mass is 10.0. The molecule has 0 heterocycles. The third-order valence-corrected chi connectivity index (χ3v) is 4.10. The number of rotatable bonds is 17. The first kappa shape index (κ1) is 24.7. The second-order valence-electron chi connectivity index (χ2n) is 6.47. The van der Waals surface area contributed by atoms with Crippen LogP contribution in [-0.4, -0.2) is 11.7 Å². The minimum atomic E-state index is 0.226. The van der Waals surface area contributed by atoms with Crippen LogP contribution in [0.1, 0.15) is 110 Å². The van der Waals surface area contributed by atoms with Gasteiger partial charge in [0, 0.05) is 6.61 Å². The second kappa shape index (κ2) is 26.3. The molecule has 0 atom stereocenters. The Hall–Kier alpha value is -0.560. The van der Waals surface area contributed by atoms with Crippen LogP contribution in [0, 0.1) is 0 Å². The van der Waals surface area contributed by atoms with Crippen molar-refractivity contribution in [1.82, 2.24) is 0 Å². The van der Waals surface area contributed by atoms with E-state index in [1.807, 2.05) is 6.08 Å². The first-order valence-corrected chi connectivity index (χ1v) is 10.2. The van der Waals surface area contributed by atoms with Crippen LogP contribution in [0.15, 0.2) is 25.3 Å². The van der Waals surface area contributed by atoms with Crippen molar-refractivity contribution in [1.29, 1.82) is 0 Å². The topological polar surface area (TPSA) is 20.2 Å². The monoisotopic (exact) mass is 324 g/mol. The first-order valence-electron chi connectivity index (χ1n) is 10.2. The maximum Gasteiger partial charge on any atom is 0.0465 e. The molecule has 23 heavy (non-hydrogen) atoms. The van der Waals surface area contributed by atoms with E-state index in [0.29, 0.717) is 6.42 Å². The molecule has 1 N–H and O–H groups in total. The quantitative estimate of drug-likeness (QED) is 0.216. The van der Waals surface area contributed by atoms with Crippen molar-refractivity contribution < 1.29 is 5.11 Å². The van der Waals surface area contributed by atoms with E-state index >= 15 is 0 Å². The van der Waals surface area contributed by atoms with Gasteiger partial charge < -0.3 is 5.11 Å². The zero-order chi connectivity index (χ0) is 17.4. The molecule has 0 amide bonds. The van der Waals surface area contributed by atoms with Gasteiger partial charge in [0.05, 0.1) is 0 Å². The molecule has 0 bridgehead atoms. The summed E-state index contributed by atoms with van der Waals surface area (Å²) in [7, 11) is 0. The first-order chi connectivity index (χ1) is 11.3. The van der Waals surface area contributed by atoms with Gasteiger partial charge in [-0.2, -0.15) is 0 Å². The minimum Gasteiger partial charge on any atom is -0.396 e. The molecule has 0 aliphatic carbocycles. The van der Waals surface area contributed by atoms with E-state index in [0.717, 1.165) is 0 Å². The Morgan fingerprint density at radius 1 is 0.565 bits per heavy atom. The van der Waals surface area contributed by atoms with Gasteiger partial charge in [0.15, 0.2) is 0 Å². The highest BCUT2D eigenvalue weighted by atomic mass is 16.2. The van der Waals surface area contributed by atoms with Crippen LogP contribution < -0.4 is 0 Å². The predicted octanol–water partition coefficient (Wildman–Crippen LogP) is 7.60. The summed E-state index contributed by atoms with van der Waals surface area (Å²) in [4.78, 5) is 0. The van der Waals surface area contributed by atoms with Crippen LogP contribution in [0.25, 0.3) is 0 Å². The van der Waals surface area contributed by atoms with Crippen molar-refractivity contribution in [2.45, 2.75) is 110 Å². The average Bonchev–Trinajstić information content (AvgIpc) is 2.56. The van der Waals surface area contributed by atoms with Gasteiger partial charge in [-0.3, -0.25) is 0 Å². The highest BCUT2D eigenvalue weighted by Gasteiger charge is 1.93. The zero-order valence-electron chi connectivity index (χ0n) is 16.0. The van der Waals surface area contributed by atoms with Crippen LogP contribution in [0.3, 0.4) is 0 Å². The summed E-state index contributed by atoms with van der Waals surface area (Å²) in [5.74, 6) is 0. The van der Waals surface area contributed by atoms with Crippen molar-refractivity contribution in [3.8, 4) is 0 Å². The molecule has 1 heteroatoms. The molecule has 0 aliphatic rings. The third-order valence-electron chi connectivity index (χ3n) is 4.10. The standard InChI is InChI=1S/C18H36.C4H8O/c1-3-5-7-9-11-13-15-17-18-16-14-12-10-8-6-4-2;1-2-3-4-5/h3H,1,4-18H2,2H3;2,5H,1,3-4H2. The van der Waals surface area contributed by atoms with Crippen molar-refractivity contribution >= 4 is 0 Å². The Kier molecular flexibility index (Phi) is 28.3. The fraction of sp³-hybridized carbons (Fsp3) is 0.818. The van der Waals surface area contributed by atoms with Gasteiger partial charge in [-0.05, 0) is 19.3 Å². The molecule has 0 fully saturated rings. The Bertz CT molecular complexity index is 210. The highest BCUT2D eigenvalue weighted by molar-refractivity contribution is 4.65. The Morgan fingerprint density at radius 3 is 1.17 bits per heavy atom. The summed E-state index contributed by atoms with van der Waals surface area (Å²) in [6, 6.07) is 0. The molecule has 0 saturated carbocycles. The molecule has 0 rings (SSSR count). The van der Waals surface area contributed by atoms with Crippen molar-refractivity contribution in [3.63, 3.8) is 0 Å². The van der Waals surface area contributed by atoms with Crippen LogP contribution in [-0.2, 0) is 0 Å². The van der Waals surface area contributed by atoms with Gasteiger partial charge in [0.2, 0.25) is 0 Å². The van der Waals surface area contributed by atoms with E-state index in [1.54, 1.807) is 6.08 Å². The van der Waals surface area contributed by atoms with Crippen molar-refractivity contribution in [3.05, 3.63) is 25.3 Å². The molecule has 0 aromatic rings. The second-order valence-corrected chi connectivity index (χ2v) is 6.47. The molecule has 0 aromatic carbocycles. The molecule has 0 unspecified atom stereocenters. The van der Waals surface area contributed by atoms with Crippen molar-refractivity contribution in [2.24, 2.45) is 0 Å². The Labute approximate surface area is 147 Å². The molecular weight excluding hydrogens is 280 g/mol. The third kappa shape index (κ3) is 30.0. The summed E-state index contributed by atoms with van der Waals surface area (Å²) in [6.45, 7) is 9.66. The summed E-state index contributed by atoms with van der Waals surface area (Å²) in [6.07, 6.45) is 25.8. The predicted molar refractivity (Wildman–Crippen MR) is 107 cm³/mol. The number of unbranched alkanes of at least 4 members (excludes halogenated alkanes) is 14. The molecule has 0 aromatic heterocycles. The minimum absolute atomic E-state index is 0.226. The van der Waals surface area contributed by atoms with E-state index in [-0.39, 0.29) is 6.61 Å².